The van der Waals surface area contributed by atoms with Crippen LogP contribution in [0.5, 0.6) is 0 Å². The fraction of sp³-hybridized carbons (Fsp3) is 0.455. The molecule has 2 rings (SSSR count). The lowest BCUT2D eigenvalue weighted by Gasteiger charge is -2.40. The SMILES string of the molecule is O=C(O)CC1(NS(=O)(=O)c2cccnc2)CCC1. The van der Waals surface area contributed by atoms with Gasteiger partial charge in [-0.3, -0.25) is 9.78 Å². The number of carbonyl (C=O) groups is 1. The number of sulfonamides is 1. The Hall–Kier alpha value is -1.47. The molecule has 2 N–H and O–H groups in total. The van der Waals surface area contributed by atoms with E-state index in [-0.39, 0.29) is 11.3 Å². The maximum atomic E-state index is 12.1. The standard InChI is InChI=1S/C11H14N2O4S/c14-10(15)7-11(4-2-5-11)13-18(16,17)9-3-1-6-12-8-9/h1,3,6,8,13H,2,4-5,7H2,(H,14,15). The smallest absolute Gasteiger partial charge is 0.305 e. The number of carboxylic acid groups (broad SMARTS) is 1. The van der Waals surface area contributed by atoms with Crippen molar-refractivity contribution in [1.29, 1.82) is 0 Å². The van der Waals surface area contributed by atoms with E-state index in [9.17, 15) is 13.2 Å². The fourth-order valence-electron chi connectivity index (χ4n) is 2.06. The topological polar surface area (TPSA) is 96.4 Å². The Morgan fingerprint density at radius 2 is 2.22 bits per heavy atom. The van der Waals surface area contributed by atoms with Gasteiger partial charge in [-0.05, 0) is 31.4 Å². The molecule has 1 fully saturated rings. The lowest BCUT2D eigenvalue weighted by atomic mass is 9.75. The largest absolute Gasteiger partial charge is 0.481 e. The van der Waals surface area contributed by atoms with E-state index in [2.05, 4.69) is 9.71 Å². The van der Waals surface area contributed by atoms with Crippen molar-refractivity contribution in [2.45, 2.75) is 36.1 Å². The molecule has 0 unspecified atom stereocenters. The van der Waals surface area contributed by atoms with Crippen LogP contribution in [-0.4, -0.2) is 30.0 Å². The Bertz CT molecular complexity index is 537. The first-order valence-corrected chi connectivity index (χ1v) is 7.08. The van der Waals surface area contributed by atoms with Crippen molar-refractivity contribution >= 4 is 16.0 Å². The van der Waals surface area contributed by atoms with Gasteiger partial charge in [-0.25, -0.2) is 13.1 Å². The van der Waals surface area contributed by atoms with E-state index < -0.39 is 21.5 Å². The number of hydrogen-bond acceptors (Lipinski definition) is 4. The van der Waals surface area contributed by atoms with Crippen molar-refractivity contribution < 1.29 is 18.3 Å². The van der Waals surface area contributed by atoms with E-state index in [1.165, 1.54) is 24.5 Å². The summed E-state index contributed by atoms with van der Waals surface area (Å²) < 4.78 is 26.7. The first-order chi connectivity index (χ1) is 8.44. The van der Waals surface area contributed by atoms with Crippen LogP contribution in [0.2, 0.25) is 0 Å². The molecule has 0 aliphatic heterocycles. The van der Waals surface area contributed by atoms with Gasteiger partial charge in [0.05, 0.1) is 6.42 Å². The van der Waals surface area contributed by atoms with E-state index >= 15 is 0 Å². The van der Waals surface area contributed by atoms with Crippen molar-refractivity contribution in [3.8, 4) is 0 Å². The molecule has 1 aromatic rings. The normalized spacial score (nSPS) is 18.0. The van der Waals surface area contributed by atoms with Crippen LogP contribution in [0.15, 0.2) is 29.4 Å². The highest BCUT2D eigenvalue weighted by atomic mass is 32.2. The van der Waals surface area contributed by atoms with Crippen LogP contribution in [0.4, 0.5) is 0 Å². The Morgan fingerprint density at radius 3 is 2.67 bits per heavy atom. The van der Waals surface area contributed by atoms with Gasteiger partial charge in [0.1, 0.15) is 4.90 Å². The van der Waals surface area contributed by atoms with Gasteiger partial charge in [0.2, 0.25) is 10.0 Å². The second-order valence-electron chi connectivity index (χ2n) is 4.50. The number of nitrogens with one attached hydrogen (secondary N) is 1. The van der Waals surface area contributed by atoms with E-state index in [0.29, 0.717) is 12.8 Å². The fourth-order valence-corrected chi connectivity index (χ4v) is 3.48. The summed E-state index contributed by atoms with van der Waals surface area (Å²) in [7, 11) is -3.70. The number of hydrogen-bond donors (Lipinski definition) is 2. The third-order valence-corrected chi connectivity index (χ3v) is 4.66. The molecular weight excluding hydrogens is 256 g/mol. The van der Waals surface area contributed by atoms with Crippen molar-refractivity contribution in [2.75, 3.05) is 0 Å². The Labute approximate surface area is 105 Å². The predicted molar refractivity (Wildman–Crippen MR) is 63.4 cm³/mol. The minimum atomic E-state index is -3.70. The van der Waals surface area contributed by atoms with Crippen LogP contribution in [-0.2, 0) is 14.8 Å². The molecule has 0 atom stereocenters. The molecular formula is C11H14N2O4S. The molecule has 1 saturated carbocycles. The lowest BCUT2D eigenvalue weighted by Crippen LogP contribution is -2.54. The molecule has 1 heterocycles. The number of nitrogens with zero attached hydrogens (tertiary/aromatic N) is 1. The minimum Gasteiger partial charge on any atom is -0.481 e. The molecule has 0 bridgehead atoms. The van der Waals surface area contributed by atoms with E-state index in [1.54, 1.807) is 0 Å². The summed E-state index contributed by atoms with van der Waals surface area (Å²) in [5.74, 6) is -0.997. The molecule has 6 nitrogen and oxygen atoms in total. The second kappa shape index (κ2) is 4.66. The monoisotopic (exact) mass is 270 g/mol. The van der Waals surface area contributed by atoms with Crippen LogP contribution >= 0.6 is 0 Å². The first-order valence-electron chi connectivity index (χ1n) is 5.59. The third kappa shape index (κ3) is 2.68. The summed E-state index contributed by atoms with van der Waals surface area (Å²) in [6.07, 6.45) is 4.48. The molecule has 0 saturated heterocycles. The Kier molecular flexibility index (Phi) is 3.36. The summed E-state index contributed by atoms with van der Waals surface area (Å²) in [5.41, 5.74) is -0.833. The van der Waals surface area contributed by atoms with Crippen molar-refractivity contribution in [2.24, 2.45) is 0 Å². The number of aliphatic carboxylic acids is 1. The van der Waals surface area contributed by atoms with E-state index in [4.69, 9.17) is 5.11 Å². The van der Waals surface area contributed by atoms with Gasteiger partial charge < -0.3 is 5.11 Å². The number of rotatable bonds is 5. The van der Waals surface area contributed by atoms with E-state index in [1.807, 2.05) is 0 Å². The summed E-state index contributed by atoms with van der Waals surface area (Å²) in [4.78, 5) is 14.6. The molecule has 1 aliphatic rings. The highest BCUT2D eigenvalue weighted by Crippen LogP contribution is 2.36. The predicted octanol–water partition coefficient (Wildman–Crippen LogP) is 0.757. The Morgan fingerprint density at radius 1 is 1.50 bits per heavy atom. The van der Waals surface area contributed by atoms with Crippen LogP contribution in [0.25, 0.3) is 0 Å². The second-order valence-corrected chi connectivity index (χ2v) is 6.18. The molecule has 98 valence electrons. The summed E-state index contributed by atoms with van der Waals surface area (Å²) in [6.45, 7) is 0. The molecule has 0 amide bonds. The summed E-state index contributed by atoms with van der Waals surface area (Å²) in [6, 6.07) is 2.96. The van der Waals surface area contributed by atoms with Crippen molar-refractivity contribution in [1.82, 2.24) is 9.71 Å². The van der Waals surface area contributed by atoms with Gasteiger partial charge in [0.25, 0.3) is 0 Å². The maximum absolute atomic E-state index is 12.1. The van der Waals surface area contributed by atoms with E-state index in [0.717, 1.165) is 6.42 Å². The zero-order valence-corrected chi connectivity index (χ0v) is 10.5. The first kappa shape index (κ1) is 13.0. The summed E-state index contributed by atoms with van der Waals surface area (Å²) in [5, 5.41) is 8.83. The van der Waals surface area contributed by atoms with Gasteiger partial charge in [-0.2, -0.15) is 0 Å². The molecule has 0 spiro atoms. The zero-order valence-electron chi connectivity index (χ0n) is 9.67. The van der Waals surface area contributed by atoms with Gasteiger partial charge in [0.15, 0.2) is 0 Å². The van der Waals surface area contributed by atoms with Crippen LogP contribution < -0.4 is 4.72 Å². The highest BCUT2D eigenvalue weighted by molar-refractivity contribution is 7.89. The van der Waals surface area contributed by atoms with Gasteiger partial charge in [-0.1, -0.05) is 0 Å². The van der Waals surface area contributed by atoms with Gasteiger partial charge in [0, 0.05) is 17.9 Å². The van der Waals surface area contributed by atoms with Crippen LogP contribution in [0.1, 0.15) is 25.7 Å². The quantitative estimate of drug-likeness (QED) is 0.823. The number of aromatic nitrogens is 1. The van der Waals surface area contributed by atoms with Crippen molar-refractivity contribution in [3.63, 3.8) is 0 Å². The van der Waals surface area contributed by atoms with Crippen molar-refractivity contribution in [3.05, 3.63) is 24.5 Å². The maximum Gasteiger partial charge on any atom is 0.305 e. The minimum absolute atomic E-state index is 0.0571. The lowest BCUT2D eigenvalue weighted by molar-refractivity contribution is -0.139. The molecule has 7 heteroatoms. The zero-order chi connectivity index (χ0) is 13.2. The Balaban J connectivity index is 2.20. The molecule has 1 aliphatic carbocycles. The summed E-state index contributed by atoms with van der Waals surface area (Å²) >= 11 is 0. The average molecular weight is 270 g/mol. The van der Waals surface area contributed by atoms with Crippen LogP contribution in [0, 0.1) is 0 Å². The number of pyridine rings is 1. The third-order valence-electron chi connectivity index (χ3n) is 3.10. The average Bonchev–Trinajstić information content (AvgIpc) is 2.26. The molecule has 0 radical (unpaired) electrons. The molecule has 18 heavy (non-hydrogen) atoms. The molecule has 1 aromatic heterocycles. The van der Waals surface area contributed by atoms with Gasteiger partial charge >= 0.3 is 5.97 Å². The molecule has 0 aromatic carbocycles. The van der Waals surface area contributed by atoms with Gasteiger partial charge in [-0.15, -0.1) is 0 Å². The number of carboxylic acids is 1. The highest BCUT2D eigenvalue weighted by Gasteiger charge is 2.42. The van der Waals surface area contributed by atoms with Crippen LogP contribution in [0.3, 0.4) is 0 Å².